The summed E-state index contributed by atoms with van der Waals surface area (Å²) in [6.07, 6.45) is 3.23. The number of carbonyl (C=O) groups excluding carboxylic acids is 1. The number of hydrogen-bond acceptors (Lipinski definition) is 9. The number of likely N-dealkylation sites (tertiary alicyclic amines) is 1. The van der Waals surface area contributed by atoms with E-state index in [1.165, 1.54) is 6.20 Å². The number of rotatable bonds is 11. The van der Waals surface area contributed by atoms with E-state index >= 15 is 0 Å². The van der Waals surface area contributed by atoms with Crippen LogP contribution in [0.1, 0.15) is 52.0 Å². The summed E-state index contributed by atoms with van der Waals surface area (Å²) in [5.74, 6) is 1.23. The van der Waals surface area contributed by atoms with Gasteiger partial charge in [-0.3, -0.25) is 9.69 Å². The highest BCUT2D eigenvalue weighted by Crippen LogP contribution is 2.36. The third-order valence-corrected chi connectivity index (χ3v) is 9.35. The van der Waals surface area contributed by atoms with Gasteiger partial charge < -0.3 is 21.1 Å². The first-order valence-corrected chi connectivity index (χ1v) is 15.6. The van der Waals surface area contributed by atoms with Crippen LogP contribution in [0.2, 0.25) is 5.02 Å². The molecule has 0 bridgehead atoms. The second-order valence-electron chi connectivity index (χ2n) is 10.7. The Labute approximate surface area is 246 Å². The maximum absolute atomic E-state index is 12.9. The van der Waals surface area contributed by atoms with E-state index in [0.29, 0.717) is 23.0 Å². The van der Waals surface area contributed by atoms with E-state index in [9.17, 15) is 13.2 Å². The zero-order valence-corrected chi connectivity index (χ0v) is 25.3. The number of piperidine rings is 1. The van der Waals surface area contributed by atoms with Crippen molar-refractivity contribution in [3.8, 4) is 5.75 Å². The summed E-state index contributed by atoms with van der Waals surface area (Å²) >= 11 is 6.40. The highest BCUT2D eigenvalue weighted by atomic mass is 35.5. The summed E-state index contributed by atoms with van der Waals surface area (Å²) in [5, 5.41) is 5.96. The van der Waals surface area contributed by atoms with Crippen molar-refractivity contribution in [2.45, 2.75) is 62.7 Å². The molecule has 41 heavy (non-hydrogen) atoms. The maximum atomic E-state index is 12.9. The Morgan fingerprint density at radius 2 is 1.80 bits per heavy atom. The van der Waals surface area contributed by atoms with Gasteiger partial charge in [0.15, 0.2) is 15.7 Å². The molecule has 2 aromatic carbocycles. The largest absolute Gasteiger partial charge is 0.489 e. The Hall–Kier alpha value is -3.41. The number of anilines is 4. The number of ether oxygens (including phenoxy) is 1. The topological polar surface area (TPSA) is 140 Å². The number of aromatic nitrogens is 2. The molecule has 2 heterocycles. The maximum Gasteiger partial charge on any atom is 0.231 e. The molecule has 220 valence electrons. The van der Waals surface area contributed by atoms with Crippen LogP contribution in [0, 0.1) is 0 Å². The van der Waals surface area contributed by atoms with Crippen LogP contribution < -0.4 is 21.1 Å². The summed E-state index contributed by atoms with van der Waals surface area (Å²) in [7, 11) is -3.54. The molecule has 1 aliphatic rings. The molecule has 1 aliphatic heterocycles. The lowest BCUT2D eigenvalue weighted by Crippen LogP contribution is -2.39. The van der Waals surface area contributed by atoms with Gasteiger partial charge in [-0.05, 0) is 89.4 Å². The van der Waals surface area contributed by atoms with E-state index < -0.39 is 15.1 Å². The fourth-order valence-corrected chi connectivity index (χ4v) is 6.07. The monoisotopic (exact) mass is 600 g/mol. The van der Waals surface area contributed by atoms with Crippen LogP contribution in [0.3, 0.4) is 0 Å². The lowest BCUT2D eigenvalue weighted by molar-refractivity contribution is -0.119. The van der Waals surface area contributed by atoms with E-state index in [0.717, 1.165) is 31.5 Å². The smallest absolute Gasteiger partial charge is 0.231 e. The van der Waals surface area contributed by atoms with Crippen molar-refractivity contribution in [3.63, 3.8) is 0 Å². The third-order valence-electron chi connectivity index (χ3n) is 6.86. The Bertz CT molecular complexity index is 1490. The van der Waals surface area contributed by atoms with Crippen LogP contribution in [-0.4, -0.2) is 60.2 Å². The summed E-state index contributed by atoms with van der Waals surface area (Å²) in [5.41, 5.74) is 7.58. The van der Waals surface area contributed by atoms with Gasteiger partial charge in [0.25, 0.3) is 0 Å². The summed E-state index contributed by atoms with van der Waals surface area (Å²) in [6, 6.07) is 12.7. The number of nitrogens with zero attached hydrogens (tertiary/aromatic N) is 3. The molecule has 1 fully saturated rings. The standard InChI is InChI=1S/C29H37ClN6O4S/c1-18(2)40-25-15-21(20-11-13-36(14-12-20)17-27(31)37)9-10-23(25)34-29-32-16-22(30)28(35-29)33-24-7-5-6-8-26(24)41(38,39)19(3)4/h5-10,15-16,18-20H,11-14,17H2,1-4H3,(H2,31,37)(H2,32,33,34,35). The molecule has 10 nitrogen and oxygen atoms in total. The number of para-hydroxylation sites is 1. The average molecular weight is 601 g/mol. The zero-order valence-electron chi connectivity index (χ0n) is 23.7. The SMILES string of the molecule is CC(C)Oc1cc(C2CCN(CC(N)=O)CC2)ccc1Nc1ncc(Cl)c(Nc2ccccc2S(=O)(=O)C(C)C)n1. The minimum Gasteiger partial charge on any atom is -0.489 e. The van der Waals surface area contributed by atoms with Crippen molar-refractivity contribution in [1.82, 2.24) is 14.9 Å². The van der Waals surface area contributed by atoms with Gasteiger partial charge >= 0.3 is 0 Å². The molecule has 0 saturated carbocycles. The number of benzene rings is 2. The van der Waals surface area contributed by atoms with E-state index in [1.54, 1.807) is 38.1 Å². The second-order valence-corrected chi connectivity index (χ2v) is 13.5. The Morgan fingerprint density at radius 1 is 1.10 bits per heavy atom. The van der Waals surface area contributed by atoms with Crippen molar-refractivity contribution in [2.75, 3.05) is 30.3 Å². The molecule has 0 aliphatic carbocycles. The predicted molar refractivity (Wildman–Crippen MR) is 162 cm³/mol. The normalized spacial score (nSPS) is 14.8. The highest BCUT2D eigenvalue weighted by Gasteiger charge is 2.24. The fraction of sp³-hybridized carbons (Fsp3) is 0.414. The lowest BCUT2D eigenvalue weighted by Gasteiger charge is -2.31. The van der Waals surface area contributed by atoms with Crippen LogP contribution >= 0.6 is 11.6 Å². The summed E-state index contributed by atoms with van der Waals surface area (Å²) in [6.45, 7) is 9.11. The van der Waals surface area contributed by atoms with Gasteiger partial charge in [-0.1, -0.05) is 29.8 Å². The molecule has 0 spiro atoms. The van der Waals surface area contributed by atoms with Gasteiger partial charge in [-0.15, -0.1) is 0 Å². The number of nitrogens with one attached hydrogen (secondary N) is 2. The molecule has 4 N–H and O–H groups in total. The highest BCUT2D eigenvalue weighted by molar-refractivity contribution is 7.92. The Balaban J connectivity index is 1.57. The molecule has 1 saturated heterocycles. The number of halogens is 1. The summed E-state index contributed by atoms with van der Waals surface area (Å²) < 4.78 is 32.0. The molecule has 0 radical (unpaired) electrons. The van der Waals surface area contributed by atoms with Crippen LogP contribution in [0.4, 0.5) is 23.1 Å². The second kappa shape index (κ2) is 13.1. The van der Waals surface area contributed by atoms with Crippen LogP contribution in [0.15, 0.2) is 53.6 Å². The number of sulfone groups is 1. The number of nitrogens with two attached hydrogens (primary N) is 1. The number of carbonyl (C=O) groups is 1. The van der Waals surface area contributed by atoms with E-state index in [-0.39, 0.29) is 40.2 Å². The van der Waals surface area contributed by atoms with E-state index in [2.05, 4.69) is 31.6 Å². The van der Waals surface area contributed by atoms with Gasteiger partial charge in [0, 0.05) is 0 Å². The average Bonchev–Trinajstić information content (AvgIpc) is 2.91. The molecule has 0 atom stereocenters. The van der Waals surface area contributed by atoms with Crippen LogP contribution in [0.25, 0.3) is 0 Å². The van der Waals surface area contributed by atoms with Gasteiger partial charge in [0.05, 0.1) is 40.4 Å². The van der Waals surface area contributed by atoms with Crippen molar-refractivity contribution in [3.05, 3.63) is 59.2 Å². The first-order chi connectivity index (χ1) is 19.4. The van der Waals surface area contributed by atoms with Crippen molar-refractivity contribution in [2.24, 2.45) is 5.73 Å². The van der Waals surface area contributed by atoms with Crippen molar-refractivity contribution < 1.29 is 17.9 Å². The van der Waals surface area contributed by atoms with Gasteiger partial charge in [-0.2, -0.15) is 4.98 Å². The van der Waals surface area contributed by atoms with Crippen LogP contribution in [0.5, 0.6) is 5.75 Å². The first kappa shape index (κ1) is 30.5. The molecular formula is C29H37ClN6O4S. The molecule has 1 amide bonds. The van der Waals surface area contributed by atoms with E-state index in [1.807, 2.05) is 26.0 Å². The molecule has 4 rings (SSSR count). The molecule has 3 aromatic rings. The molecule has 12 heteroatoms. The quantitative estimate of drug-likeness (QED) is 0.269. The third kappa shape index (κ3) is 7.66. The van der Waals surface area contributed by atoms with E-state index in [4.69, 9.17) is 22.1 Å². The minimum atomic E-state index is -3.54. The number of amides is 1. The predicted octanol–water partition coefficient (Wildman–Crippen LogP) is 5.25. The summed E-state index contributed by atoms with van der Waals surface area (Å²) in [4.78, 5) is 22.4. The van der Waals surface area contributed by atoms with Gasteiger partial charge in [-0.25, -0.2) is 13.4 Å². The number of hydrogen-bond donors (Lipinski definition) is 3. The van der Waals surface area contributed by atoms with Gasteiger partial charge in [0.2, 0.25) is 11.9 Å². The Morgan fingerprint density at radius 3 is 2.46 bits per heavy atom. The molecule has 1 aromatic heterocycles. The van der Waals surface area contributed by atoms with Crippen LogP contribution in [-0.2, 0) is 14.6 Å². The fourth-order valence-electron chi connectivity index (χ4n) is 4.73. The minimum absolute atomic E-state index is 0.0639. The number of primary amides is 1. The molecular weight excluding hydrogens is 564 g/mol. The van der Waals surface area contributed by atoms with Gasteiger partial charge in [0.1, 0.15) is 10.8 Å². The van der Waals surface area contributed by atoms with Crippen molar-refractivity contribution in [1.29, 1.82) is 0 Å². The Kier molecular flexibility index (Phi) is 9.72. The lowest BCUT2D eigenvalue weighted by atomic mass is 9.89. The zero-order chi connectivity index (χ0) is 29.7. The molecule has 0 unspecified atom stereocenters. The van der Waals surface area contributed by atoms with Crippen molar-refractivity contribution >= 4 is 50.5 Å². The first-order valence-electron chi connectivity index (χ1n) is 13.6.